The van der Waals surface area contributed by atoms with E-state index in [-0.39, 0.29) is 6.10 Å². The highest BCUT2D eigenvalue weighted by atomic mass is 79.9. The summed E-state index contributed by atoms with van der Waals surface area (Å²) < 4.78 is 18.1. The number of halogens is 1. The van der Waals surface area contributed by atoms with Gasteiger partial charge in [0, 0.05) is 11.1 Å². The van der Waals surface area contributed by atoms with Gasteiger partial charge in [0.15, 0.2) is 17.6 Å². The predicted molar refractivity (Wildman–Crippen MR) is 74.4 cm³/mol. The first-order chi connectivity index (χ1) is 8.79. The first kappa shape index (κ1) is 13.7. The number of benzene rings is 1. The molecule has 0 saturated carbocycles. The Hall–Kier alpha value is -0.740. The summed E-state index contributed by atoms with van der Waals surface area (Å²) in [4.78, 5) is 0. The van der Waals surface area contributed by atoms with Crippen molar-refractivity contribution in [2.45, 2.75) is 32.3 Å². The fourth-order valence-corrected chi connectivity index (χ4v) is 2.18. The molecule has 0 saturated heterocycles. The molecule has 0 amide bonds. The highest BCUT2D eigenvalue weighted by Crippen LogP contribution is 2.34. The fourth-order valence-electron chi connectivity index (χ4n) is 1.84. The van der Waals surface area contributed by atoms with Crippen LogP contribution in [0.5, 0.6) is 11.5 Å². The monoisotopic (exact) mass is 314 g/mol. The number of hydrogen-bond donors (Lipinski definition) is 0. The molecule has 0 bridgehead atoms. The van der Waals surface area contributed by atoms with Crippen molar-refractivity contribution in [3.8, 4) is 11.5 Å². The summed E-state index contributed by atoms with van der Waals surface area (Å²) in [5.41, 5.74) is 0. The normalized spacial score (nSPS) is 17.8. The smallest absolute Gasteiger partial charge is 0.162 e. The second-order valence-electron chi connectivity index (χ2n) is 4.42. The lowest BCUT2D eigenvalue weighted by Gasteiger charge is -2.26. The van der Waals surface area contributed by atoms with Gasteiger partial charge in [-0.2, -0.15) is 0 Å². The summed E-state index contributed by atoms with van der Waals surface area (Å²) in [6.45, 7) is 4.14. The summed E-state index contributed by atoms with van der Waals surface area (Å²) in [7, 11) is 0. The third-order valence-corrected chi connectivity index (χ3v) is 3.31. The van der Waals surface area contributed by atoms with Crippen LogP contribution in [-0.4, -0.2) is 25.9 Å². The first-order valence-corrected chi connectivity index (χ1v) is 7.25. The van der Waals surface area contributed by atoms with Gasteiger partial charge < -0.3 is 14.2 Å². The molecule has 18 heavy (non-hydrogen) atoms. The molecule has 0 fully saturated rings. The van der Waals surface area contributed by atoms with Gasteiger partial charge in [-0.3, -0.25) is 0 Å². The molecule has 4 heteroatoms. The molecule has 1 aliphatic rings. The molecule has 0 unspecified atom stereocenters. The van der Waals surface area contributed by atoms with Gasteiger partial charge in [0.25, 0.3) is 0 Å². The molecule has 0 N–H and O–H groups in total. The predicted octanol–water partition coefficient (Wildman–Crippen LogP) is 3.80. The molecule has 1 aromatic carbocycles. The van der Waals surface area contributed by atoms with Crippen LogP contribution in [0.15, 0.2) is 22.7 Å². The van der Waals surface area contributed by atoms with Gasteiger partial charge in [-0.05, 0) is 24.6 Å². The van der Waals surface area contributed by atoms with Crippen LogP contribution >= 0.6 is 15.9 Å². The second kappa shape index (κ2) is 7.00. The summed E-state index contributed by atoms with van der Waals surface area (Å²) in [6, 6.07) is 5.79. The van der Waals surface area contributed by atoms with Gasteiger partial charge in [-0.15, -0.1) is 0 Å². The zero-order valence-corrected chi connectivity index (χ0v) is 12.2. The van der Waals surface area contributed by atoms with E-state index >= 15 is 0 Å². The van der Waals surface area contributed by atoms with Gasteiger partial charge >= 0.3 is 0 Å². The van der Waals surface area contributed by atoms with Gasteiger partial charge in [0.2, 0.25) is 0 Å². The van der Waals surface area contributed by atoms with E-state index < -0.39 is 0 Å². The molecule has 0 aromatic heterocycles. The zero-order valence-electron chi connectivity index (χ0n) is 10.7. The van der Waals surface area contributed by atoms with E-state index in [0.29, 0.717) is 13.2 Å². The van der Waals surface area contributed by atoms with Crippen molar-refractivity contribution in [2.24, 2.45) is 0 Å². The average molecular weight is 315 g/mol. The Morgan fingerprint density at radius 2 is 2.22 bits per heavy atom. The molecule has 3 nitrogen and oxygen atoms in total. The zero-order chi connectivity index (χ0) is 12.8. The van der Waals surface area contributed by atoms with Crippen molar-refractivity contribution in [3.05, 3.63) is 22.7 Å². The first-order valence-electron chi connectivity index (χ1n) is 6.46. The van der Waals surface area contributed by atoms with Gasteiger partial charge in [0.05, 0.1) is 6.61 Å². The van der Waals surface area contributed by atoms with Crippen LogP contribution in [0.25, 0.3) is 0 Å². The van der Waals surface area contributed by atoms with Crippen LogP contribution in [0.1, 0.15) is 26.2 Å². The number of unbranched alkanes of at least 4 members (excludes halogenated alkanes) is 2. The van der Waals surface area contributed by atoms with Crippen LogP contribution in [0.4, 0.5) is 0 Å². The van der Waals surface area contributed by atoms with Gasteiger partial charge in [-0.1, -0.05) is 35.7 Å². The maximum Gasteiger partial charge on any atom is 0.162 e. The molecule has 0 aliphatic carbocycles. The summed E-state index contributed by atoms with van der Waals surface area (Å²) >= 11 is 3.41. The Labute approximate surface area is 117 Å². The van der Waals surface area contributed by atoms with E-state index in [1.54, 1.807) is 0 Å². The number of hydrogen-bond acceptors (Lipinski definition) is 3. The minimum atomic E-state index is 0.000280. The van der Waals surface area contributed by atoms with Gasteiger partial charge in [-0.25, -0.2) is 0 Å². The van der Waals surface area contributed by atoms with Crippen LogP contribution < -0.4 is 9.47 Å². The molecule has 100 valence electrons. The van der Waals surface area contributed by atoms with Crippen LogP contribution in [0.3, 0.4) is 0 Å². The fraction of sp³-hybridized carbons (Fsp3) is 0.571. The third-order valence-electron chi connectivity index (χ3n) is 2.82. The highest BCUT2D eigenvalue weighted by molar-refractivity contribution is 9.10. The summed E-state index contributed by atoms with van der Waals surface area (Å²) in [5.74, 6) is 1.60. The van der Waals surface area contributed by atoms with E-state index in [9.17, 15) is 0 Å². The van der Waals surface area contributed by atoms with Crippen molar-refractivity contribution in [1.29, 1.82) is 0 Å². The minimum absolute atomic E-state index is 0.000280. The van der Waals surface area contributed by atoms with Crippen molar-refractivity contribution < 1.29 is 14.2 Å². The number of rotatable bonds is 6. The molecule has 0 radical (unpaired) electrons. The third kappa shape index (κ3) is 3.89. The number of fused-ring (bicyclic) bond motifs is 1. The molecule has 1 atom stereocenters. The molecule has 0 spiro atoms. The van der Waals surface area contributed by atoms with E-state index in [1.165, 1.54) is 12.8 Å². The Kier molecular flexibility index (Phi) is 5.32. The summed E-state index contributed by atoms with van der Waals surface area (Å²) in [6.07, 6.45) is 3.56. The lowest BCUT2D eigenvalue weighted by Crippen LogP contribution is -2.33. The maximum absolute atomic E-state index is 5.82. The van der Waals surface area contributed by atoms with E-state index in [2.05, 4.69) is 22.9 Å². The quantitative estimate of drug-likeness (QED) is 0.748. The molecule has 2 rings (SSSR count). The van der Waals surface area contributed by atoms with Crippen molar-refractivity contribution in [3.63, 3.8) is 0 Å². The number of ether oxygens (including phenoxy) is 3. The molecular formula is C14H19BrO3. The van der Waals surface area contributed by atoms with Crippen LogP contribution in [0, 0.1) is 0 Å². The maximum atomic E-state index is 5.82. The van der Waals surface area contributed by atoms with Crippen molar-refractivity contribution in [1.82, 2.24) is 0 Å². The summed E-state index contributed by atoms with van der Waals surface area (Å²) in [5, 5.41) is 0. The molecule has 1 aromatic rings. The minimum Gasteiger partial charge on any atom is -0.486 e. The largest absolute Gasteiger partial charge is 0.486 e. The lowest BCUT2D eigenvalue weighted by atomic mass is 10.2. The molecular weight excluding hydrogens is 296 g/mol. The Morgan fingerprint density at radius 3 is 3.06 bits per heavy atom. The second-order valence-corrected chi connectivity index (χ2v) is 5.34. The van der Waals surface area contributed by atoms with E-state index in [1.807, 2.05) is 18.2 Å². The lowest BCUT2D eigenvalue weighted by molar-refractivity contribution is 0.00782. The Morgan fingerprint density at radius 1 is 1.33 bits per heavy atom. The van der Waals surface area contributed by atoms with Crippen molar-refractivity contribution in [2.75, 3.05) is 19.8 Å². The van der Waals surface area contributed by atoms with Crippen LogP contribution in [0.2, 0.25) is 0 Å². The van der Waals surface area contributed by atoms with E-state index in [0.717, 1.165) is 29.0 Å². The Balaban J connectivity index is 1.76. The highest BCUT2D eigenvalue weighted by Gasteiger charge is 2.21. The standard InChI is InChI=1S/C14H19BrO3/c1-2-3-4-7-16-9-12-10-17-14-8-11(15)5-6-13(14)18-12/h5-6,8,12H,2-4,7,9-10H2,1H3/t12-/m1/s1. The Bertz CT molecular complexity index is 381. The average Bonchev–Trinajstić information content (AvgIpc) is 2.38. The molecule has 1 heterocycles. The SMILES string of the molecule is CCCCCOC[C@@H]1COc2cc(Br)ccc2O1. The van der Waals surface area contributed by atoms with Gasteiger partial charge in [0.1, 0.15) is 6.61 Å². The van der Waals surface area contributed by atoms with Crippen LogP contribution in [-0.2, 0) is 4.74 Å². The van der Waals surface area contributed by atoms with E-state index in [4.69, 9.17) is 14.2 Å². The topological polar surface area (TPSA) is 27.7 Å². The molecule has 1 aliphatic heterocycles. The van der Waals surface area contributed by atoms with Crippen molar-refractivity contribution >= 4 is 15.9 Å².